The zero-order valence-electron chi connectivity index (χ0n) is 14.5. The van der Waals surface area contributed by atoms with Crippen LogP contribution in [0.15, 0.2) is 53.3 Å². The first-order chi connectivity index (χ1) is 12.7. The molecule has 0 bridgehead atoms. The molecule has 0 radical (unpaired) electrons. The zero-order chi connectivity index (χ0) is 17.9. The summed E-state index contributed by atoms with van der Waals surface area (Å²) in [4.78, 5) is 28.6. The van der Waals surface area contributed by atoms with Gasteiger partial charge in [-0.2, -0.15) is 0 Å². The fourth-order valence-corrected chi connectivity index (χ4v) is 3.40. The molecule has 0 unspecified atom stereocenters. The smallest absolute Gasteiger partial charge is 0.326 e. The molecule has 26 heavy (non-hydrogen) atoms. The molecule has 4 rings (SSSR count). The number of aryl methyl sites for hydroxylation is 1. The van der Waals surface area contributed by atoms with E-state index in [1.165, 1.54) is 0 Å². The van der Waals surface area contributed by atoms with E-state index in [1.807, 2.05) is 48.5 Å². The predicted octanol–water partition coefficient (Wildman–Crippen LogP) is 2.93. The Morgan fingerprint density at radius 2 is 1.96 bits per heavy atom. The standard InChI is InChI=1S/C20H21N3O3/c24-19-10-4-11-22(19)15-6-3-7-16(14-15)26-13-5-12-23-18-9-2-1-8-17(18)21-20(23)25/h1-3,6-9,14H,4-5,10-13H2,(H,21,25). The molecule has 1 aliphatic rings. The molecule has 2 heterocycles. The Labute approximate surface area is 151 Å². The predicted molar refractivity (Wildman–Crippen MR) is 101 cm³/mol. The molecule has 1 N–H and O–H groups in total. The average Bonchev–Trinajstić information content (AvgIpc) is 3.22. The summed E-state index contributed by atoms with van der Waals surface area (Å²) in [6.45, 7) is 1.86. The summed E-state index contributed by atoms with van der Waals surface area (Å²) in [7, 11) is 0. The first-order valence-electron chi connectivity index (χ1n) is 8.93. The highest BCUT2D eigenvalue weighted by Crippen LogP contribution is 2.25. The van der Waals surface area contributed by atoms with Gasteiger partial charge in [0.25, 0.3) is 0 Å². The molecule has 1 amide bonds. The van der Waals surface area contributed by atoms with Gasteiger partial charge < -0.3 is 14.6 Å². The third-order valence-electron chi connectivity index (χ3n) is 4.68. The number of benzene rings is 2. The van der Waals surface area contributed by atoms with E-state index in [0.29, 0.717) is 26.0 Å². The van der Waals surface area contributed by atoms with Crippen LogP contribution in [0.1, 0.15) is 19.3 Å². The van der Waals surface area contributed by atoms with Gasteiger partial charge in [-0.3, -0.25) is 9.36 Å². The van der Waals surface area contributed by atoms with E-state index >= 15 is 0 Å². The quantitative estimate of drug-likeness (QED) is 0.695. The Hall–Kier alpha value is -3.02. The van der Waals surface area contributed by atoms with E-state index < -0.39 is 0 Å². The maximum atomic E-state index is 12.1. The number of hydrogen-bond acceptors (Lipinski definition) is 3. The van der Waals surface area contributed by atoms with Crippen LogP contribution in [0.2, 0.25) is 0 Å². The van der Waals surface area contributed by atoms with Crippen LogP contribution in [0, 0.1) is 0 Å². The molecule has 3 aromatic rings. The number of fused-ring (bicyclic) bond motifs is 1. The zero-order valence-corrected chi connectivity index (χ0v) is 14.5. The molecule has 0 atom stereocenters. The van der Waals surface area contributed by atoms with Gasteiger partial charge >= 0.3 is 5.69 Å². The van der Waals surface area contributed by atoms with Crippen LogP contribution in [0.5, 0.6) is 5.75 Å². The Morgan fingerprint density at radius 3 is 2.81 bits per heavy atom. The number of hydrogen-bond donors (Lipinski definition) is 1. The van der Waals surface area contributed by atoms with Crippen molar-refractivity contribution in [2.45, 2.75) is 25.8 Å². The minimum Gasteiger partial charge on any atom is -0.493 e. The van der Waals surface area contributed by atoms with E-state index in [-0.39, 0.29) is 11.6 Å². The molecule has 1 aliphatic heterocycles. The number of imidazole rings is 1. The lowest BCUT2D eigenvalue weighted by atomic mass is 10.2. The third kappa shape index (κ3) is 3.22. The number of amides is 1. The van der Waals surface area contributed by atoms with Crippen LogP contribution in [0.25, 0.3) is 11.0 Å². The van der Waals surface area contributed by atoms with Gasteiger partial charge in [0.05, 0.1) is 17.6 Å². The lowest BCUT2D eigenvalue weighted by Crippen LogP contribution is -2.23. The number of carbonyl (C=O) groups excluding carboxylic acids is 1. The van der Waals surface area contributed by atoms with Gasteiger partial charge in [0, 0.05) is 31.3 Å². The summed E-state index contributed by atoms with van der Waals surface area (Å²) in [6, 6.07) is 15.3. The number of aromatic amines is 1. The first-order valence-corrected chi connectivity index (χ1v) is 8.93. The summed E-state index contributed by atoms with van der Waals surface area (Å²) in [5.41, 5.74) is 2.55. The molecule has 2 aromatic carbocycles. The summed E-state index contributed by atoms with van der Waals surface area (Å²) in [6.07, 6.45) is 2.24. The minimum absolute atomic E-state index is 0.0965. The number of carbonyl (C=O) groups is 1. The number of H-pyrrole nitrogens is 1. The normalized spacial score (nSPS) is 14.3. The molecule has 1 aromatic heterocycles. The van der Waals surface area contributed by atoms with Gasteiger partial charge in [0.1, 0.15) is 5.75 Å². The number of nitrogens with zero attached hydrogens (tertiary/aromatic N) is 2. The van der Waals surface area contributed by atoms with E-state index in [9.17, 15) is 9.59 Å². The van der Waals surface area contributed by atoms with Crippen molar-refractivity contribution in [3.63, 3.8) is 0 Å². The van der Waals surface area contributed by atoms with Crippen molar-refractivity contribution in [2.24, 2.45) is 0 Å². The van der Waals surface area contributed by atoms with Crippen LogP contribution in [0.3, 0.4) is 0 Å². The molecule has 6 nitrogen and oxygen atoms in total. The monoisotopic (exact) mass is 351 g/mol. The molecule has 0 aliphatic carbocycles. The van der Waals surface area contributed by atoms with Crippen molar-refractivity contribution < 1.29 is 9.53 Å². The Kier molecular flexibility index (Phi) is 4.48. The molecule has 0 spiro atoms. The van der Waals surface area contributed by atoms with Gasteiger partial charge in [-0.05, 0) is 37.1 Å². The topological polar surface area (TPSA) is 67.3 Å². The average molecular weight is 351 g/mol. The lowest BCUT2D eigenvalue weighted by Gasteiger charge is -2.16. The highest BCUT2D eigenvalue weighted by Gasteiger charge is 2.21. The number of nitrogens with one attached hydrogen (secondary N) is 1. The van der Waals surface area contributed by atoms with Crippen molar-refractivity contribution in [2.75, 3.05) is 18.1 Å². The lowest BCUT2D eigenvalue weighted by molar-refractivity contribution is -0.117. The van der Waals surface area contributed by atoms with E-state index in [1.54, 1.807) is 9.47 Å². The fraction of sp³-hybridized carbons (Fsp3) is 0.300. The Bertz CT molecular complexity index is 989. The number of ether oxygens (including phenoxy) is 1. The molecular formula is C20H21N3O3. The SMILES string of the molecule is O=C1CCCN1c1cccc(OCCCn2c(=O)[nH]c3ccccc32)c1. The number of rotatable bonds is 6. The summed E-state index contributed by atoms with van der Waals surface area (Å²) in [5, 5.41) is 0. The molecule has 0 saturated carbocycles. The van der Waals surface area contributed by atoms with Crippen molar-refractivity contribution >= 4 is 22.6 Å². The number of anilines is 1. The van der Waals surface area contributed by atoms with Crippen LogP contribution < -0.4 is 15.3 Å². The number of aromatic nitrogens is 2. The molecular weight excluding hydrogens is 330 g/mol. The van der Waals surface area contributed by atoms with E-state index in [0.717, 1.165) is 35.4 Å². The summed E-state index contributed by atoms with van der Waals surface area (Å²) >= 11 is 0. The highest BCUT2D eigenvalue weighted by atomic mass is 16.5. The molecule has 134 valence electrons. The minimum atomic E-state index is -0.0965. The maximum absolute atomic E-state index is 12.1. The first kappa shape index (κ1) is 16.4. The van der Waals surface area contributed by atoms with Crippen molar-refractivity contribution in [1.82, 2.24) is 9.55 Å². The van der Waals surface area contributed by atoms with Crippen LogP contribution >= 0.6 is 0 Å². The van der Waals surface area contributed by atoms with Gasteiger partial charge in [-0.15, -0.1) is 0 Å². The summed E-state index contributed by atoms with van der Waals surface area (Å²) in [5.74, 6) is 0.911. The molecule has 6 heteroatoms. The second kappa shape index (κ2) is 7.07. The van der Waals surface area contributed by atoms with Gasteiger partial charge in [-0.25, -0.2) is 4.79 Å². The van der Waals surface area contributed by atoms with Crippen molar-refractivity contribution in [1.29, 1.82) is 0 Å². The van der Waals surface area contributed by atoms with E-state index in [2.05, 4.69) is 4.98 Å². The molecule has 1 fully saturated rings. The molecule has 1 saturated heterocycles. The van der Waals surface area contributed by atoms with Crippen LogP contribution in [0.4, 0.5) is 5.69 Å². The van der Waals surface area contributed by atoms with Crippen LogP contribution in [-0.4, -0.2) is 28.6 Å². The second-order valence-electron chi connectivity index (χ2n) is 6.45. The van der Waals surface area contributed by atoms with Gasteiger partial charge in [0.2, 0.25) is 5.91 Å². The number of para-hydroxylation sites is 2. The van der Waals surface area contributed by atoms with Crippen molar-refractivity contribution in [3.05, 3.63) is 59.0 Å². The second-order valence-corrected chi connectivity index (χ2v) is 6.45. The highest BCUT2D eigenvalue weighted by molar-refractivity contribution is 5.95. The van der Waals surface area contributed by atoms with Crippen LogP contribution in [-0.2, 0) is 11.3 Å². The van der Waals surface area contributed by atoms with Crippen molar-refractivity contribution in [3.8, 4) is 5.75 Å². The summed E-state index contributed by atoms with van der Waals surface area (Å²) < 4.78 is 7.56. The van der Waals surface area contributed by atoms with Gasteiger partial charge in [-0.1, -0.05) is 18.2 Å². The maximum Gasteiger partial charge on any atom is 0.326 e. The van der Waals surface area contributed by atoms with Gasteiger partial charge in [0.15, 0.2) is 0 Å². The Balaban J connectivity index is 1.37. The Morgan fingerprint density at radius 1 is 1.08 bits per heavy atom. The largest absolute Gasteiger partial charge is 0.493 e. The van der Waals surface area contributed by atoms with E-state index in [4.69, 9.17) is 4.74 Å². The fourth-order valence-electron chi connectivity index (χ4n) is 3.40. The third-order valence-corrected chi connectivity index (χ3v) is 4.68.